The zero-order valence-corrected chi connectivity index (χ0v) is 25.4. The van der Waals surface area contributed by atoms with Gasteiger partial charge in [-0.25, -0.2) is 9.37 Å². The lowest BCUT2D eigenvalue weighted by Crippen LogP contribution is -2.70. The van der Waals surface area contributed by atoms with Gasteiger partial charge in [0.05, 0.1) is 37.7 Å². The molecule has 2 aromatic rings. The van der Waals surface area contributed by atoms with Crippen molar-refractivity contribution in [2.45, 2.75) is 80.6 Å². The Morgan fingerprint density at radius 3 is 2.53 bits per heavy atom. The molecular formula is C31H34Cl2F3N3O4. The first-order valence-electron chi connectivity index (χ1n) is 14.5. The predicted octanol–water partition coefficient (Wildman–Crippen LogP) is 5.46. The van der Waals surface area contributed by atoms with Gasteiger partial charge >= 0.3 is 0 Å². The number of hydrogen-bond donors (Lipinski definition) is 3. The molecule has 0 unspecified atom stereocenters. The fourth-order valence-corrected chi connectivity index (χ4v) is 8.59. The van der Waals surface area contributed by atoms with E-state index in [-0.39, 0.29) is 49.2 Å². The summed E-state index contributed by atoms with van der Waals surface area (Å²) in [5.74, 6) is -2.94. The minimum absolute atomic E-state index is 0.0145. The van der Waals surface area contributed by atoms with E-state index in [2.05, 4.69) is 15.6 Å². The second-order valence-electron chi connectivity index (χ2n) is 13.3. The molecule has 3 aliphatic heterocycles. The standard InChI is InChI=1S/C31H34Cl2F3N3O4/c1-28(2,42)22-6-3-16(11-43-22)9-21(40)25-23(18-7-8-37-26(33)24(18)36)31(30(39-25)12-29(13-30,14-34)15-35)19-5-4-17(32)10-20(19)38-27(31)41/h4-5,7-8,10,16,22-23,25,39,42H,3,6,9,11-15H2,1-2H3,(H,38,41)/t16-,22-,23-,25-,31+/m0/s1. The molecule has 0 bridgehead atoms. The number of benzene rings is 1. The molecule has 2 spiro atoms. The van der Waals surface area contributed by atoms with Crippen LogP contribution in [0.2, 0.25) is 10.2 Å². The van der Waals surface area contributed by atoms with Gasteiger partial charge in [0.25, 0.3) is 0 Å². The summed E-state index contributed by atoms with van der Waals surface area (Å²) in [5, 5.41) is 16.5. The van der Waals surface area contributed by atoms with Crippen LogP contribution in [0.4, 0.5) is 18.9 Å². The maximum Gasteiger partial charge on any atom is 0.237 e. The zero-order valence-electron chi connectivity index (χ0n) is 23.9. The van der Waals surface area contributed by atoms with Crippen LogP contribution in [0.5, 0.6) is 0 Å². The molecule has 3 N–H and O–H groups in total. The summed E-state index contributed by atoms with van der Waals surface area (Å²) in [4.78, 5) is 32.4. The van der Waals surface area contributed by atoms with Crippen molar-refractivity contribution >= 4 is 40.6 Å². The number of halogens is 5. The van der Waals surface area contributed by atoms with Gasteiger partial charge in [-0.2, -0.15) is 0 Å². The molecule has 3 fully saturated rings. The highest BCUT2D eigenvalue weighted by Gasteiger charge is 2.78. The van der Waals surface area contributed by atoms with Crippen molar-refractivity contribution in [2.75, 3.05) is 25.3 Å². The summed E-state index contributed by atoms with van der Waals surface area (Å²) in [7, 11) is 0. The van der Waals surface area contributed by atoms with Crippen LogP contribution in [0.3, 0.4) is 0 Å². The minimum atomic E-state index is -1.61. The van der Waals surface area contributed by atoms with Crippen LogP contribution in [0.15, 0.2) is 30.5 Å². The number of amides is 1. The minimum Gasteiger partial charge on any atom is -0.388 e. The summed E-state index contributed by atoms with van der Waals surface area (Å²) in [6, 6.07) is 5.16. The number of ether oxygens (including phenoxy) is 1. The summed E-state index contributed by atoms with van der Waals surface area (Å²) in [5.41, 5.74) is -4.36. The number of alkyl halides is 2. The van der Waals surface area contributed by atoms with Gasteiger partial charge in [0.2, 0.25) is 5.91 Å². The molecule has 1 aliphatic carbocycles. The van der Waals surface area contributed by atoms with E-state index < -0.39 is 64.2 Å². The normalized spacial score (nSPS) is 30.7. The van der Waals surface area contributed by atoms with Crippen LogP contribution in [0.25, 0.3) is 0 Å². The van der Waals surface area contributed by atoms with Crippen molar-refractivity contribution in [2.24, 2.45) is 11.3 Å². The van der Waals surface area contributed by atoms with Crippen LogP contribution in [-0.4, -0.2) is 65.0 Å². The number of Topliss-reactive ketones (excluding diaryl/α,β-unsaturated/α-hetero) is 1. The molecule has 7 nitrogen and oxygen atoms in total. The number of fused-ring (bicyclic) bond motifs is 3. The first-order chi connectivity index (χ1) is 20.3. The van der Waals surface area contributed by atoms with Crippen LogP contribution in [-0.2, 0) is 19.7 Å². The van der Waals surface area contributed by atoms with Crippen molar-refractivity contribution in [3.05, 3.63) is 57.6 Å². The van der Waals surface area contributed by atoms with Crippen LogP contribution >= 0.6 is 23.2 Å². The number of hydrogen-bond acceptors (Lipinski definition) is 6. The van der Waals surface area contributed by atoms with Crippen molar-refractivity contribution in [1.82, 2.24) is 10.3 Å². The van der Waals surface area contributed by atoms with E-state index in [4.69, 9.17) is 27.9 Å². The molecule has 1 aromatic carbocycles. The Hall–Kier alpha value is -2.24. The molecule has 5 atom stereocenters. The number of carbonyl (C=O) groups is 2. The molecule has 12 heteroatoms. The zero-order chi connectivity index (χ0) is 30.9. The number of rotatable bonds is 7. The first-order valence-corrected chi connectivity index (χ1v) is 15.2. The average Bonchev–Trinajstić information content (AvgIpc) is 3.41. The maximum absolute atomic E-state index is 15.9. The van der Waals surface area contributed by atoms with E-state index in [0.29, 0.717) is 29.1 Å². The second-order valence-corrected chi connectivity index (χ2v) is 14.1. The fourth-order valence-electron chi connectivity index (χ4n) is 8.25. The molecular weight excluding hydrogens is 606 g/mol. The van der Waals surface area contributed by atoms with Crippen molar-refractivity contribution < 1.29 is 32.6 Å². The number of anilines is 1. The molecule has 1 aromatic heterocycles. The lowest BCUT2D eigenvalue weighted by Gasteiger charge is -2.59. The summed E-state index contributed by atoms with van der Waals surface area (Å²) in [6.45, 7) is 1.71. The van der Waals surface area contributed by atoms with Gasteiger partial charge < -0.3 is 15.2 Å². The van der Waals surface area contributed by atoms with Gasteiger partial charge in [-0.3, -0.25) is 23.7 Å². The molecule has 43 heavy (non-hydrogen) atoms. The first kappa shape index (κ1) is 30.8. The number of aromatic nitrogens is 1. The molecule has 4 aliphatic rings. The topological polar surface area (TPSA) is 101 Å². The smallest absolute Gasteiger partial charge is 0.237 e. The number of aliphatic hydroxyl groups is 1. The van der Waals surface area contributed by atoms with Crippen molar-refractivity contribution in [1.29, 1.82) is 0 Å². The van der Waals surface area contributed by atoms with Gasteiger partial charge in [-0.05, 0) is 74.8 Å². The lowest BCUT2D eigenvalue weighted by molar-refractivity contribution is -0.133. The molecule has 4 heterocycles. The highest BCUT2D eigenvalue weighted by atomic mass is 35.5. The van der Waals surface area contributed by atoms with E-state index in [1.165, 1.54) is 12.3 Å². The van der Waals surface area contributed by atoms with Gasteiger partial charge in [-0.15, -0.1) is 0 Å². The van der Waals surface area contributed by atoms with Crippen LogP contribution in [0.1, 0.15) is 63.0 Å². The highest BCUT2D eigenvalue weighted by Crippen LogP contribution is 2.68. The number of carbonyl (C=O) groups excluding carboxylic acids is 2. The van der Waals surface area contributed by atoms with E-state index in [1.807, 2.05) is 0 Å². The largest absolute Gasteiger partial charge is 0.388 e. The highest BCUT2D eigenvalue weighted by molar-refractivity contribution is 6.31. The Labute approximate surface area is 257 Å². The SMILES string of the molecule is CC(C)(O)[C@@H]1CC[C@@H](CC(=O)[C@@H]2NC3(CC(CF)(CF)C3)[C@@]3(C(=O)Nc4cc(Cl)ccc43)[C@H]2c2ccnc(Cl)c2F)CO1. The summed E-state index contributed by atoms with van der Waals surface area (Å²) >= 11 is 12.4. The van der Waals surface area contributed by atoms with Crippen molar-refractivity contribution in [3.63, 3.8) is 0 Å². The maximum atomic E-state index is 15.9. The van der Waals surface area contributed by atoms with E-state index in [0.717, 1.165) is 0 Å². The number of nitrogens with zero attached hydrogens (tertiary/aromatic N) is 1. The Morgan fingerprint density at radius 1 is 1.19 bits per heavy atom. The Kier molecular flexibility index (Phi) is 7.65. The molecule has 2 saturated heterocycles. The van der Waals surface area contributed by atoms with Gasteiger partial charge in [0.15, 0.2) is 16.8 Å². The van der Waals surface area contributed by atoms with E-state index in [1.54, 1.807) is 32.0 Å². The molecule has 1 amide bonds. The second kappa shape index (κ2) is 10.7. The van der Waals surface area contributed by atoms with Gasteiger partial charge in [0.1, 0.15) is 5.41 Å². The molecule has 6 rings (SSSR count). The van der Waals surface area contributed by atoms with E-state index in [9.17, 15) is 23.5 Å². The monoisotopic (exact) mass is 639 g/mol. The summed E-state index contributed by atoms with van der Waals surface area (Å²) in [6.07, 6.45) is 2.02. The third kappa shape index (κ3) is 4.62. The molecule has 1 saturated carbocycles. The Bertz CT molecular complexity index is 1450. The third-order valence-corrected chi connectivity index (χ3v) is 10.6. The number of ketones is 1. The van der Waals surface area contributed by atoms with Crippen LogP contribution < -0.4 is 10.6 Å². The number of pyridine rings is 1. The van der Waals surface area contributed by atoms with Gasteiger partial charge in [-0.1, -0.05) is 29.3 Å². The predicted molar refractivity (Wildman–Crippen MR) is 155 cm³/mol. The average molecular weight is 641 g/mol. The fraction of sp³-hybridized carbons (Fsp3) is 0.581. The number of nitrogens with one attached hydrogen (secondary N) is 2. The van der Waals surface area contributed by atoms with E-state index >= 15 is 4.39 Å². The molecule has 0 radical (unpaired) electrons. The van der Waals surface area contributed by atoms with Crippen LogP contribution in [0, 0.1) is 17.2 Å². The quantitative estimate of drug-likeness (QED) is 0.348. The summed E-state index contributed by atoms with van der Waals surface area (Å²) < 4.78 is 50.4. The lowest BCUT2D eigenvalue weighted by atomic mass is 9.46. The van der Waals surface area contributed by atoms with Gasteiger partial charge in [0, 0.05) is 40.2 Å². The molecule has 232 valence electrons. The van der Waals surface area contributed by atoms with Crippen molar-refractivity contribution in [3.8, 4) is 0 Å². The Morgan fingerprint density at radius 2 is 1.91 bits per heavy atom. The Balaban J connectivity index is 1.46. The third-order valence-electron chi connectivity index (χ3n) is 10.1.